The molecule has 0 spiro atoms. The van der Waals surface area contributed by atoms with Crippen LogP contribution < -0.4 is 5.32 Å². The number of carbonyl (C=O) groups excluding carboxylic acids is 1. The van der Waals surface area contributed by atoms with Crippen LogP contribution in [0, 0.1) is 5.92 Å². The van der Waals surface area contributed by atoms with E-state index in [1.165, 1.54) is 6.33 Å². The van der Waals surface area contributed by atoms with E-state index in [0.717, 1.165) is 6.42 Å². The molecule has 1 rings (SSSR count). The summed E-state index contributed by atoms with van der Waals surface area (Å²) in [4.78, 5) is 19.0. The molecule has 0 bridgehead atoms. The maximum atomic E-state index is 11.5. The Labute approximate surface area is 104 Å². The molecule has 1 amide bonds. The number of nitrogens with zero attached hydrogens (tertiary/aromatic N) is 2. The van der Waals surface area contributed by atoms with Crippen molar-refractivity contribution in [2.45, 2.75) is 26.7 Å². The van der Waals surface area contributed by atoms with Crippen molar-refractivity contribution >= 4 is 34.8 Å². The fourth-order valence-corrected chi connectivity index (χ4v) is 1.48. The number of anilines is 1. The lowest BCUT2D eigenvalue weighted by atomic mass is 10.1. The van der Waals surface area contributed by atoms with Crippen molar-refractivity contribution in [2.75, 3.05) is 5.32 Å². The van der Waals surface area contributed by atoms with E-state index >= 15 is 0 Å². The van der Waals surface area contributed by atoms with Crippen LogP contribution in [0.1, 0.15) is 26.7 Å². The molecule has 0 atom stereocenters. The quantitative estimate of drug-likeness (QED) is 0.848. The third-order valence-corrected chi connectivity index (χ3v) is 2.54. The first-order valence-corrected chi connectivity index (χ1v) is 5.72. The van der Waals surface area contributed by atoms with E-state index in [1.807, 2.05) is 0 Å². The van der Waals surface area contributed by atoms with Crippen LogP contribution in [0.25, 0.3) is 0 Å². The first-order chi connectivity index (χ1) is 7.50. The number of halogens is 2. The number of hydrogen-bond acceptors (Lipinski definition) is 3. The molecule has 16 heavy (non-hydrogen) atoms. The summed E-state index contributed by atoms with van der Waals surface area (Å²) in [6, 6.07) is 0. The van der Waals surface area contributed by atoms with E-state index in [9.17, 15) is 4.79 Å². The normalized spacial score (nSPS) is 10.6. The number of rotatable bonds is 4. The number of carbonyl (C=O) groups is 1. The van der Waals surface area contributed by atoms with Gasteiger partial charge in [-0.2, -0.15) is 0 Å². The highest BCUT2D eigenvalue weighted by molar-refractivity contribution is 6.38. The Kier molecular flexibility index (Phi) is 4.96. The number of hydrogen-bond donors (Lipinski definition) is 1. The third kappa shape index (κ3) is 3.94. The Morgan fingerprint density at radius 1 is 1.38 bits per heavy atom. The molecule has 1 aromatic heterocycles. The van der Waals surface area contributed by atoms with E-state index in [-0.39, 0.29) is 21.9 Å². The molecule has 0 saturated heterocycles. The molecule has 1 aromatic rings. The monoisotopic (exact) mass is 261 g/mol. The van der Waals surface area contributed by atoms with Crippen LogP contribution in [0.4, 0.5) is 5.69 Å². The lowest BCUT2D eigenvalue weighted by molar-refractivity contribution is -0.116. The predicted molar refractivity (Wildman–Crippen MR) is 64.8 cm³/mol. The average Bonchev–Trinajstić information content (AvgIpc) is 2.21. The molecule has 6 heteroatoms. The summed E-state index contributed by atoms with van der Waals surface area (Å²) >= 11 is 11.6. The van der Waals surface area contributed by atoms with E-state index in [2.05, 4.69) is 29.1 Å². The van der Waals surface area contributed by atoms with Crippen molar-refractivity contribution in [3.8, 4) is 0 Å². The summed E-state index contributed by atoms with van der Waals surface area (Å²) in [7, 11) is 0. The molecule has 4 nitrogen and oxygen atoms in total. The second-order valence-corrected chi connectivity index (χ2v) is 4.53. The van der Waals surface area contributed by atoms with Gasteiger partial charge in [-0.15, -0.1) is 0 Å². The Hall–Kier alpha value is -0.870. The molecule has 0 aliphatic heterocycles. The molecule has 0 fully saturated rings. The Balaban J connectivity index is 2.63. The van der Waals surface area contributed by atoms with Gasteiger partial charge >= 0.3 is 0 Å². The van der Waals surface area contributed by atoms with Gasteiger partial charge < -0.3 is 5.32 Å². The molecule has 0 saturated carbocycles. The van der Waals surface area contributed by atoms with Crippen molar-refractivity contribution < 1.29 is 4.79 Å². The fraction of sp³-hybridized carbons (Fsp3) is 0.500. The SMILES string of the molecule is CC(C)CCC(=O)Nc1c(Cl)ncnc1Cl. The number of amides is 1. The summed E-state index contributed by atoms with van der Waals surface area (Å²) < 4.78 is 0. The first-order valence-electron chi connectivity index (χ1n) is 4.96. The van der Waals surface area contributed by atoms with Crippen LogP contribution >= 0.6 is 23.2 Å². The van der Waals surface area contributed by atoms with Crippen LogP contribution in [-0.2, 0) is 4.79 Å². The van der Waals surface area contributed by atoms with Crippen LogP contribution in [0.5, 0.6) is 0 Å². The molecule has 0 unspecified atom stereocenters. The predicted octanol–water partition coefficient (Wildman–Crippen LogP) is 3.16. The molecular formula is C10H13Cl2N3O. The maximum Gasteiger partial charge on any atom is 0.224 e. The van der Waals surface area contributed by atoms with Crippen LogP contribution in [0.15, 0.2) is 6.33 Å². The van der Waals surface area contributed by atoms with Crippen molar-refractivity contribution in [1.82, 2.24) is 9.97 Å². The number of nitrogens with one attached hydrogen (secondary N) is 1. The molecular weight excluding hydrogens is 249 g/mol. The van der Waals surface area contributed by atoms with Crippen LogP contribution in [0.3, 0.4) is 0 Å². The highest BCUT2D eigenvalue weighted by Gasteiger charge is 2.11. The van der Waals surface area contributed by atoms with E-state index in [0.29, 0.717) is 12.3 Å². The minimum absolute atomic E-state index is 0.132. The lowest BCUT2D eigenvalue weighted by Gasteiger charge is -2.08. The first kappa shape index (κ1) is 13.2. The topological polar surface area (TPSA) is 54.9 Å². The van der Waals surface area contributed by atoms with Gasteiger partial charge in [0.1, 0.15) is 12.0 Å². The minimum Gasteiger partial charge on any atom is -0.321 e. The summed E-state index contributed by atoms with van der Waals surface area (Å²) in [5.41, 5.74) is 0.277. The fourth-order valence-electron chi connectivity index (χ4n) is 1.07. The van der Waals surface area contributed by atoms with Crippen molar-refractivity contribution in [1.29, 1.82) is 0 Å². The average molecular weight is 262 g/mol. The van der Waals surface area contributed by atoms with E-state index < -0.39 is 0 Å². The molecule has 0 aliphatic rings. The smallest absolute Gasteiger partial charge is 0.224 e. The zero-order chi connectivity index (χ0) is 12.1. The molecule has 1 heterocycles. The molecule has 0 aromatic carbocycles. The van der Waals surface area contributed by atoms with E-state index in [4.69, 9.17) is 23.2 Å². The van der Waals surface area contributed by atoms with Crippen LogP contribution in [-0.4, -0.2) is 15.9 Å². The van der Waals surface area contributed by atoms with Gasteiger partial charge in [-0.1, -0.05) is 37.0 Å². The Bertz CT molecular complexity index is 362. The molecule has 0 aliphatic carbocycles. The second kappa shape index (κ2) is 6.01. The second-order valence-electron chi connectivity index (χ2n) is 3.81. The Morgan fingerprint density at radius 2 is 1.94 bits per heavy atom. The molecule has 1 N–H and O–H groups in total. The maximum absolute atomic E-state index is 11.5. The molecule has 88 valence electrons. The van der Waals surface area contributed by atoms with Crippen molar-refractivity contribution in [2.24, 2.45) is 5.92 Å². The van der Waals surface area contributed by atoms with E-state index in [1.54, 1.807) is 0 Å². The zero-order valence-electron chi connectivity index (χ0n) is 9.13. The van der Waals surface area contributed by atoms with Gasteiger partial charge in [-0.05, 0) is 12.3 Å². The highest BCUT2D eigenvalue weighted by Crippen LogP contribution is 2.25. The Morgan fingerprint density at radius 3 is 2.44 bits per heavy atom. The zero-order valence-corrected chi connectivity index (χ0v) is 10.6. The summed E-state index contributed by atoms with van der Waals surface area (Å²) in [6.07, 6.45) is 2.49. The van der Waals surface area contributed by atoms with Crippen LogP contribution in [0.2, 0.25) is 10.3 Å². The van der Waals surface area contributed by atoms with Crippen molar-refractivity contribution in [3.05, 3.63) is 16.6 Å². The lowest BCUT2D eigenvalue weighted by Crippen LogP contribution is -2.13. The van der Waals surface area contributed by atoms with Gasteiger partial charge in [0.05, 0.1) is 0 Å². The largest absolute Gasteiger partial charge is 0.321 e. The van der Waals surface area contributed by atoms with Gasteiger partial charge in [0, 0.05) is 6.42 Å². The van der Waals surface area contributed by atoms with Gasteiger partial charge in [0.2, 0.25) is 5.91 Å². The molecule has 0 radical (unpaired) electrons. The third-order valence-electron chi connectivity index (χ3n) is 1.97. The highest BCUT2D eigenvalue weighted by atomic mass is 35.5. The number of aromatic nitrogens is 2. The minimum atomic E-state index is -0.132. The summed E-state index contributed by atoms with van der Waals surface area (Å²) in [6.45, 7) is 4.11. The summed E-state index contributed by atoms with van der Waals surface area (Å²) in [5, 5.41) is 2.91. The van der Waals surface area contributed by atoms with Gasteiger partial charge in [-0.3, -0.25) is 4.79 Å². The standard InChI is InChI=1S/C10H13Cl2N3O/c1-6(2)3-4-7(16)15-8-9(11)13-5-14-10(8)12/h5-6H,3-4H2,1-2H3,(H,15,16). The van der Waals surface area contributed by atoms with Gasteiger partial charge in [0.25, 0.3) is 0 Å². The van der Waals surface area contributed by atoms with Crippen molar-refractivity contribution in [3.63, 3.8) is 0 Å². The van der Waals surface area contributed by atoms with Gasteiger partial charge in [-0.25, -0.2) is 9.97 Å². The summed E-state index contributed by atoms with van der Waals surface area (Å²) in [5.74, 6) is 0.344. The van der Waals surface area contributed by atoms with Gasteiger partial charge in [0.15, 0.2) is 10.3 Å².